The molecule has 0 radical (unpaired) electrons. The molecule has 0 saturated heterocycles. The SMILES string of the molecule is O=C[C@@H]1Cc2ccccc2CN1C(=O)CCCC(=O)c1ccccc1. The van der Waals surface area contributed by atoms with Crippen molar-refractivity contribution in [3.8, 4) is 0 Å². The summed E-state index contributed by atoms with van der Waals surface area (Å²) in [6.45, 7) is 0.463. The van der Waals surface area contributed by atoms with Crippen LogP contribution < -0.4 is 0 Å². The second-order valence-electron chi connectivity index (χ2n) is 6.34. The molecule has 1 aliphatic heterocycles. The van der Waals surface area contributed by atoms with E-state index < -0.39 is 6.04 Å². The molecule has 2 aromatic carbocycles. The van der Waals surface area contributed by atoms with Crippen molar-refractivity contribution in [3.05, 3.63) is 71.3 Å². The van der Waals surface area contributed by atoms with Crippen LogP contribution in [0.3, 0.4) is 0 Å². The molecular weight excluding hydrogens is 314 g/mol. The lowest BCUT2D eigenvalue weighted by Gasteiger charge is -2.34. The zero-order chi connectivity index (χ0) is 17.6. The van der Waals surface area contributed by atoms with Crippen LogP contribution in [0.15, 0.2) is 54.6 Å². The highest BCUT2D eigenvalue weighted by Gasteiger charge is 2.28. The maximum atomic E-state index is 12.6. The number of nitrogens with zero attached hydrogens (tertiary/aromatic N) is 1. The highest BCUT2D eigenvalue weighted by molar-refractivity contribution is 5.96. The van der Waals surface area contributed by atoms with Crippen LogP contribution in [0.25, 0.3) is 0 Å². The number of fused-ring (bicyclic) bond motifs is 1. The first kappa shape index (κ1) is 17.1. The van der Waals surface area contributed by atoms with Crippen LogP contribution >= 0.6 is 0 Å². The van der Waals surface area contributed by atoms with Gasteiger partial charge in [-0.15, -0.1) is 0 Å². The molecule has 4 heteroatoms. The number of benzene rings is 2. The largest absolute Gasteiger partial charge is 0.328 e. The summed E-state index contributed by atoms with van der Waals surface area (Å²) in [6, 6.07) is 16.6. The summed E-state index contributed by atoms with van der Waals surface area (Å²) >= 11 is 0. The minimum atomic E-state index is -0.410. The van der Waals surface area contributed by atoms with Gasteiger partial charge in [-0.1, -0.05) is 54.6 Å². The molecule has 1 heterocycles. The maximum absolute atomic E-state index is 12.6. The maximum Gasteiger partial charge on any atom is 0.223 e. The molecule has 25 heavy (non-hydrogen) atoms. The fourth-order valence-electron chi connectivity index (χ4n) is 3.25. The Morgan fingerprint density at radius 2 is 1.64 bits per heavy atom. The second-order valence-corrected chi connectivity index (χ2v) is 6.34. The Hall–Kier alpha value is -2.75. The molecule has 0 aromatic heterocycles. The molecule has 0 fully saturated rings. The summed E-state index contributed by atoms with van der Waals surface area (Å²) in [7, 11) is 0. The Labute approximate surface area is 147 Å². The number of carbonyl (C=O) groups is 3. The first-order chi connectivity index (χ1) is 12.2. The number of amides is 1. The molecule has 128 valence electrons. The third kappa shape index (κ3) is 4.02. The lowest BCUT2D eigenvalue weighted by molar-refractivity contribution is -0.137. The molecule has 0 aliphatic carbocycles. The van der Waals surface area contributed by atoms with E-state index >= 15 is 0 Å². The topological polar surface area (TPSA) is 54.5 Å². The van der Waals surface area contributed by atoms with Crippen molar-refractivity contribution in [3.63, 3.8) is 0 Å². The summed E-state index contributed by atoms with van der Waals surface area (Å²) in [5, 5.41) is 0. The van der Waals surface area contributed by atoms with Gasteiger partial charge in [0.2, 0.25) is 5.91 Å². The van der Waals surface area contributed by atoms with Crippen LogP contribution in [-0.2, 0) is 22.6 Å². The van der Waals surface area contributed by atoms with E-state index in [1.54, 1.807) is 17.0 Å². The third-order valence-electron chi connectivity index (χ3n) is 4.66. The molecule has 0 unspecified atom stereocenters. The van der Waals surface area contributed by atoms with E-state index in [2.05, 4.69) is 0 Å². The lowest BCUT2D eigenvalue weighted by atomic mass is 9.94. The molecule has 0 spiro atoms. The van der Waals surface area contributed by atoms with E-state index in [4.69, 9.17) is 0 Å². The Bertz CT molecular complexity index is 770. The molecule has 0 N–H and O–H groups in total. The van der Waals surface area contributed by atoms with Gasteiger partial charge in [0.15, 0.2) is 5.78 Å². The van der Waals surface area contributed by atoms with Crippen molar-refractivity contribution < 1.29 is 14.4 Å². The third-order valence-corrected chi connectivity index (χ3v) is 4.66. The highest BCUT2D eigenvalue weighted by Crippen LogP contribution is 2.23. The molecule has 3 rings (SSSR count). The van der Waals surface area contributed by atoms with Crippen molar-refractivity contribution in [1.29, 1.82) is 0 Å². The molecule has 4 nitrogen and oxygen atoms in total. The van der Waals surface area contributed by atoms with Crippen molar-refractivity contribution in [2.45, 2.75) is 38.3 Å². The average Bonchev–Trinajstić information content (AvgIpc) is 2.67. The standard InChI is InChI=1S/C21H21NO3/c23-15-19-13-17-9-4-5-10-18(17)14-22(19)21(25)12-6-11-20(24)16-7-2-1-3-8-16/h1-5,7-10,15,19H,6,11-14H2/t19-/m0/s1. The van der Waals surface area contributed by atoms with Crippen LogP contribution in [0.5, 0.6) is 0 Å². The average molecular weight is 335 g/mol. The molecule has 0 bridgehead atoms. The molecule has 2 aromatic rings. The van der Waals surface area contributed by atoms with Crippen LogP contribution in [-0.4, -0.2) is 28.9 Å². The minimum Gasteiger partial charge on any atom is -0.328 e. The summed E-state index contributed by atoms with van der Waals surface area (Å²) in [4.78, 5) is 37.7. The number of hydrogen-bond donors (Lipinski definition) is 0. The van der Waals surface area contributed by atoms with Gasteiger partial charge in [-0.2, -0.15) is 0 Å². The van der Waals surface area contributed by atoms with Crippen LogP contribution in [0.4, 0.5) is 0 Å². The van der Waals surface area contributed by atoms with Gasteiger partial charge >= 0.3 is 0 Å². The zero-order valence-electron chi connectivity index (χ0n) is 14.1. The summed E-state index contributed by atoms with van der Waals surface area (Å²) in [6.07, 6.45) is 2.53. The van der Waals surface area contributed by atoms with E-state index in [0.29, 0.717) is 31.4 Å². The Morgan fingerprint density at radius 3 is 2.36 bits per heavy atom. The lowest BCUT2D eigenvalue weighted by Crippen LogP contribution is -2.45. The van der Waals surface area contributed by atoms with Crippen molar-refractivity contribution in [1.82, 2.24) is 4.90 Å². The van der Waals surface area contributed by atoms with Gasteiger partial charge < -0.3 is 9.69 Å². The van der Waals surface area contributed by atoms with Gasteiger partial charge in [-0.25, -0.2) is 0 Å². The van der Waals surface area contributed by atoms with E-state index in [-0.39, 0.29) is 18.1 Å². The predicted octanol–water partition coefficient (Wildman–Crippen LogP) is 3.19. The van der Waals surface area contributed by atoms with Gasteiger partial charge in [0.1, 0.15) is 6.29 Å². The Morgan fingerprint density at radius 1 is 0.960 bits per heavy atom. The highest BCUT2D eigenvalue weighted by atomic mass is 16.2. The number of Topliss-reactive ketones (excluding diaryl/α,β-unsaturated/α-hetero) is 1. The number of rotatable bonds is 6. The number of hydrogen-bond acceptors (Lipinski definition) is 3. The molecule has 1 atom stereocenters. The fourth-order valence-corrected chi connectivity index (χ4v) is 3.25. The van der Waals surface area contributed by atoms with Crippen LogP contribution in [0, 0.1) is 0 Å². The monoisotopic (exact) mass is 335 g/mol. The summed E-state index contributed by atoms with van der Waals surface area (Å²) < 4.78 is 0. The van der Waals surface area contributed by atoms with Crippen molar-refractivity contribution in [2.24, 2.45) is 0 Å². The normalized spacial score (nSPS) is 16.2. The quantitative estimate of drug-likeness (QED) is 0.602. The number of aldehydes is 1. The zero-order valence-corrected chi connectivity index (χ0v) is 14.1. The summed E-state index contributed by atoms with van der Waals surface area (Å²) in [5.74, 6) is -0.0169. The van der Waals surface area contributed by atoms with Gasteiger partial charge in [0, 0.05) is 31.4 Å². The van der Waals surface area contributed by atoms with Crippen molar-refractivity contribution in [2.75, 3.05) is 0 Å². The van der Waals surface area contributed by atoms with E-state index in [1.807, 2.05) is 42.5 Å². The molecule has 0 saturated carbocycles. The van der Waals surface area contributed by atoms with Gasteiger partial charge in [0.25, 0.3) is 0 Å². The smallest absolute Gasteiger partial charge is 0.223 e. The van der Waals surface area contributed by atoms with E-state index in [9.17, 15) is 14.4 Å². The second kappa shape index (κ2) is 7.88. The Balaban J connectivity index is 1.57. The van der Waals surface area contributed by atoms with Crippen LogP contribution in [0.2, 0.25) is 0 Å². The molecule has 1 aliphatic rings. The van der Waals surface area contributed by atoms with Gasteiger partial charge in [-0.05, 0) is 17.5 Å². The fraction of sp³-hybridized carbons (Fsp3) is 0.286. The Kier molecular flexibility index (Phi) is 5.39. The van der Waals surface area contributed by atoms with E-state index in [0.717, 1.165) is 17.4 Å². The molecular formula is C21H21NO3. The number of ketones is 1. The number of carbonyl (C=O) groups excluding carboxylic acids is 3. The predicted molar refractivity (Wildman–Crippen MR) is 95.2 cm³/mol. The van der Waals surface area contributed by atoms with Gasteiger partial charge in [-0.3, -0.25) is 9.59 Å². The first-order valence-electron chi connectivity index (χ1n) is 8.59. The van der Waals surface area contributed by atoms with Gasteiger partial charge in [0.05, 0.1) is 6.04 Å². The summed E-state index contributed by atoms with van der Waals surface area (Å²) in [5.41, 5.74) is 2.89. The minimum absolute atomic E-state index is 0.0457. The van der Waals surface area contributed by atoms with Crippen LogP contribution in [0.1, 0.15) is 40.7 Å². The molecule has 1 amide bonds. The van der Waals surface area contributed by atoms with Crippen molar-refractivity contribution >= 4 is 18.0 Å². The first-order valence-corrected chi connectivity index (χ1v) is 8.59. The van der Waals surface area contributed by atoms with E-state index in [1.165, 1.54) is 0 Å².